The van der Waals surface area contributed by atoms with Crippen molar-refractivity contribution in [1.29, 1.82) is 0 Å². The summed E-state index contributed by atoms with van der Waals surface area (Å²) >= 11 is 1.67. The first-order valence-electron chi connectivity index (χ1n) is 5.98. The molecule has 0 aliphatic carbocycles. The second-order valence-corrected chi connectivity index (χ2v) is 5.51. The Labute approximate surface area is 110 Å². The minimum Gasteiger partial charge on any atom is -0.310 e. The third-order valence-corrected chi connectivity index (χ3v) is 3.33. The molecule has 0 unspecified atom stereocenters. The van der Waals surface area contributed by atoms with Gasteiger partial charge in [-0.1, -0.05) is 19.9 Å². The second kappa shape index (κ2) is 5.93. The summed E-state index contributed by atoms with van der Waals surface area (Å²) < 4.78 is 0. The molecule has 2 rings (SSSR count). The van der Waals surface area contributed by atoms with Crippen LogP contribution in [0, 0.1) is 0 Å². The van der Waals surface area contributed by atoms with E-state index < -0.39 is 0 Å². The fraction of sp³-hybridized carbons (Fsp3) is 0.385. The maximum absolute atomic E-state index is 11.6. The molecule has 18 heavy (non-hydrogen) atoms. The second-order valence-electron chi connectivity index (χ2n) is 4.48. The van der Waals surface area contributed by atoms with Gasteiger partial charge in [0.25, 0.3) is 5.56 Å². The van der Waals surface area contributed by atoms with E-state index in [1.807, 2.05) is 17.5 Å². The van der Waals surface area contributed by atoms with Crippen LogP contribution in [0.15, 0.2) is 28.4 Å². The predicted molar refractivity (Wildman–Crippen MR) is 74.0 cm³/mol. The number of aromatic nitrogens is 2. The summed E-state index contributed by atoms with van der Waals surface area (Å²) in [5.41, 5.74) is 0.705. The van der Waals surface area contributed by atoms with Crippen LogP contribution in [0.25, 0.3) is 0 Å². The van der Waals surface area contributed by atoms with Crippen molar-refractivity contribution in [2.45, 2.75) is 32.9 Å². The number of nitrogens with one attached hydrogen (secondary N) is 2. The summed E-state index contributed by atoms with van der Waals surface area (Å²) in [6.07, 6.45) is 0.683. The average molecular weight is 263 g/mol. The summed E-state index contributed by atoms with van der Waals surface area (Å²) in [5, 5.41) is 5.29. The van der Waals surface area contributed by atoms with Crippen molar-refractivity contribution in [3.05, 3.63) is 50.3 Å². The fourth-order valence-corrected chi connectivity index (χ4v) is 2.33. The van der Waals surface area contributed by atoms with E-state index in [0.29, 0.717) is 19.0 Å². The molecule has 0 atom stereocenters. The van der Waals surface area contributed by atoms with Crippen molar-refractivity contribution in [2.24, 2.45) is 0 Å². The van der Waals surface area contributed by atoms with Crippen LogP contribution in [-0.4, -0.2) is 16.0 Å². The van der Waals surface area contributed by atoms with Gasteiger partial charge in [-0.25, -0.2) is 4.98 Å². The maximum atomic E-state index is 11.6. The number of rotatable bonds is 5. The van der Waals surface area contributed by atoms with E-state index in [-0.39, 0.29) is 5.56 Å². The van der Waals surface area contributed by atoms with Crippen LogP contribution in [0.2, 0.25) is 0 Å². The SMILES string of the molecule is CC(C)NCc1cc(=O)[nH]c(Cc2cccs2)n1. The molecule has 0 aliphatic heterocycles. The lowest BCUT2D eigenvalue weighted by Gasteiger charge is -2.08. The van der Waals surface area contributed by atoms with E-state index in [0.717, 1.165) is 11.5 Å². The molecule has 0 saturated heterocycles. The summed E-state index contributed by atoms with van der Waals surface area (Å²) in [6, 6.07) is 5.98. The van der Waals surface area contributed by atoms with Crippen LogP contribution >= 0.6 is 11.3 Å². The Morgan fingerprint density at radius 3 is 3.00 bits per heavy atom. The van der Waals surface area contributed by atoms with E-state index in [2.05, 4.69) is 29.1 Å². The highest BCUT2D eigenvalue weighted by atomic mass is 32.1. The first kappa shape index (κ1) is 13.0. The van der Waals surface area contributed by atoms with Crippen LogP contribution in [0.1, 0.15) is 30.2 Å². The third kappa shape index (κ3) is 3.78. The summed E-state index contributed by atoms with van der Waals surface area (Å²) in [7, 11) is 0. The number of H-pyrrole nitrogens is 1. The highest BCUT2D eigenvalue weighted by molar-refractivity contribution is 7.09. The zero-order valence-electron chi connectivity index (χ0n) is 10.6. The molecular formula is C13H17N3OS. The molecule has 0 fully saturated rings. The molecule has 0 aromatic carbocycles. The zero-order chi connectivity index (χ0) is 13.0. The van der Waals surface area contributed by atoms with Gasteiger partial charge in [-0.2, -0.15) is 0 Å². The van der Waals surface area contributed by atoms with Gasteiger partial charge >= 0.3 is 0 Å². The minimum atomic E-state index is -0.0860. The standard InChI is InChI=1S/C13H17N3OS/c1-9(2)14-8-10-6-13(17)16-12(15-10)7-11-4-3-5-18-11/h3-6,9,14H,7-8H2,1-2H3,(H,15,16,17). The molecule has 2 aromatic heterocycles. The Hall–Kier alpha value is -1.46. The van der Waals surface area contributed by atoms with Gasteiger partial charge in [0.15, 0.2) is 0 Å². The monoisotopic (exact) mass is 263 g/mol. The molecule has 2 aromatic rings. The van der Waals surface area contributed by atoms with Crippen molar-refractivity contribution in [3.8, 4) is 0 Å². The van der Waals surface area contributed by atoms with Gasteiger partial charge in [-0.15, -0.1) is 11.3 Å². The Morgan fingerprint density at radius 2 is 2.33 bits per heavy atom. The van der Waals surface area contributed by atoms with Crippen LogP contribution in [0.5, 0.6) is 0 Å². The molecule has 5 heteroatoms. The van der Waals surface area contributed by atoms with Gasteiger partial charge in [0.05, 0.1) is 5.69 Å². The number of nitrogens with zero attached hydrogens (tertiary/aromatic N) is 1. The Morgan fingerprint density at radius 1 is 1.50 bits per heavy atom. The van der Waals surface area contributed by atoms with Gasteiger partial charge < -0.3 is 10.3 Å². The summed E-state index contributed by atoms with van der Waals surface area (Å²) in [5.74, 6) is 0.727. The molecule has 0 amide bonds. The lowest BCUT2D eigenvalue weighted by molar-refractivity contribution is 0.578. The van der Waals surface area contributed by atoms with Crippen LogP contribution in [-0.2, 0) is 13.0 Å². The molecule has 96 valence electrons. The topological polar surface area (TPSA) is 57.8 Å². The van der Waals surface area contributed by atoms with Gasteiger partial charge in [-0.3, -0.25) is 4.79 Å². The van der Waals surface area contributed by atoms with Crippen LogP contribution < -0.4 is 10.9 Å². The number of hydrogen-bond donors (Lipinski definition) is 2. The highest BCUT2D eigenvalue weighted by Crippen LogP contribution is 2.11. The molecule has 0 radical (unpaired) electrons. The zero-order valence-corrected chi connectivity index (χ0v) is 11.4. The molecule has 0 saturated carbocycles. The Bertz CT molecular complexity index is 546. The average Bonchev–Trinajstić information content (AvgIpc) is 2.78. The van der Waals surface area contributed by atoms with E-state index in [1.165, 1.54) is 4.88 Å². The van der Waals surface area contributed by atoms with Crippen LogP contribution in [0.3, 0.4) is 0 Å². The summed E-state index contributed by atoms with van der Waals surface area (Å²) in [4.78, 5) is 20.0. The van der Waals surface area contributed by atoms with Crippen molar-refractivity contribution in [2.75, 3.05) is 0 Å². The molecule has 2 N–H and O–H groups in total. The largest absolute Gasteiger partial charge is 0.310 e. The van der Waals surface area contributed by atoms with Gasteiger partial charge in [0.2, 0.25) is 0 Å². The normalized spacial score (nSPS) is 11.1. The van der Waals surface area contributed by atoms with E-state index >= 15 is 0 Å². The van der Waals surface area contributed by atoms with Crippen molar-refractivity contribution in [3.63, 3.8) is 0 Å². The first-order chi connectivity index (χ1) is 8.63. The number of thiophene rings is 1. The van der Waals surface area contributed by atoms with Gasteiger partial charge in [-0.05, 0) is 11.4 Å². The quantitative estimate of drug-likeness (QED) is 0.866. The maximum Gasteiger partial charge on any atom is 0.251 e. The van der Waals surface area contributed by atoms with Crippen molar-refractivity contribution >= 4 is 11.3 Å². The van der Waals surface area contributed by atoms with E-state index in [1.54, 1.807) is 17.4 Å². The Kier molecular flexibility index (Phi) is 4.28. The smallest absolute Gasteiger partial charge is 0.251 e. The highest BCUT2D eigenvalue weighted by Gasteiger charge is 2.04. The van der Waals surface area contributed by atoms with Gasteiger partial charge in [0, 0.05) is 30.0 Å². The lowest BCUT2D eigenvalue weighted by Crippen LogP contribution is -2.24. The molecule has 0 bridgehead atoms. The fourth-order valence-electron chi connectivity index (χ4n) is 1.62. The summed E-state index contributed by atoms with van der Waals surface area (Å²) in [6.45, 7) is 4.76. The predicted octanol–water partition coefficient (Wildman–Crippen LogP) is 1.92. The Balaban J connectivity index is 2.13. The first-order valence-corrected chi connectivity index (χ1v) is 6.86. The minimum absolute atomic E-state index is 0.0860. The number of aromatic amines is 1. The molecule has 0 aliphatic rings. The van der Waals surface area contributed by atoms with Crippen LogP contribution in [0.4, 0.5) is 0 Å². The third-order valence-electron chi connectivity index (χ3n) is 2.46. The van der Waals surface area contributed by atoms with E-state index in [4.69, 9.17) is 0 Å². The molecule has 0 spiro atoms. The molecule has 4 nitrogen and oxygen atoms in total. The van der Waals surface area contributed by atoms with Crippen molar-refractivity contribution < 1.29 is 0 Å². The molecular weight excluding hydrogens is 246 g/mol. The lowest BCUT2D eigenvalue weighted by atomic mass is 10.3. The van der Waals surface area contributed by atoms with E-state index in [9.17, 15) is 4.79 Å². The molecule has 2 heterocycles. The van der Waals surface area contributed by atoms with Crippen molar-refractivity contribution in [1.82, 2.24) is 15.3 Å². The van der Waals surface area contributed by atoms with Gasteiger partial charge in [0.1, 0.15) is 5.82 Å². The number of hydrogen-bond acceptors (Lipinski definition) is 4.